The summed E-state index contributed by atoms with van der Waals surface area (Å²) >= 11 is 0. The summed E-state index contributed by atoms with van der Waals surface area (Å²) in [4.78, 5) is 60.3. The van der Waals surface area contributed by atoms with Crippen molar-refractivity contribution in [2.75, 3.05) is 81.3 Å². The summed E-state index contributed by atoms with van der Waals surface area (Å²) in [6.07, 6.45) is 9.09. The van der Waals surface area contributed by atoms with Crippen LogP contribution in [-0.2, 0) is 19.4 Å². The van der Waals surface area contributed by atoms with Crippen LogP contribution in [0.15, 0.2) is 60.7 Å². The molecule has 13 nitrogen and oxygen atoms in total. The number of imide groups is 2. The van der Waals surface area contributed by atoms with Crippen LogP contribution in [0, 0.1) is 17.8 Å². The lowest BCUT2D eigenvalue weighted by Gasteiger charge is -2.42. The Hall–Kier alpha value is -4.95. The fraction of sp³-hybridized carbons (Fsp3) is 0.532. The third kappa shape index (κ3) is 9.45. The maximum absolute atomic E-state index is 14.0. The smallest absolute Gasteiger partial charge is 0.262 e. The van der Waals surface area contributed by atoms with Crippen LogP contribution < -0.4 is 24.6 Å². The lowest BCUT2D eigenvalue weighted by molar-refractivity contribution is -0.134. The molecule has 5 heterocycles. The number of fused-ring (bicyclic) bond motifs is 1. The zero-order valence-electron chi connectivity index (χ0n) is 35.6. The molecule has 0 radical (unpaired) electrons. The van der Waals surface area contributed by atoms with Crippen molar-refractivity contribution in [2.24, 2.45) is 17.8 Å². The second-order valence-electron chi connectivity index (χ2n) is 17.6. The summed E-state index contributed by atoms with van der Waals surface area (Å²) in [6.45, 7) is 9.44. The van der Waals surface area contributed by atoms with E-state index in [1.807, 2.05) is 19.1 Å². The van der Waals surface area contributed by atoms with E-state index in [1.54, 1.807) is 24.3 Å². The van der Waals surface area contributed by atoms with Gasteiger partial charge >= 0.3 is 0 Å². The van der Waals surface area contributed by atoms with Crippen molar-refractivity contribution in [3.63, 3.8) is 0 Å². The molecule has 2 atom stereocenters. The highest BCUT2D eigenvalue weighted by molar-refractivity contribution is 7.90. The number of ether oxygens (including phenoxy) is 2. The molecule has 0 saturated carbocycles. The fourth-order valence-electron chi connectivity index (χ4n) is 10.4. The molecule has 4 amide bonds. The molecule has 3 aromatic rings. The highest BCUT2D eigenvalue weighted by Gasteiger charge is 2.43. The summed E-state index contributed by atoms with van der Waals surface area (Å²) in [5.74, 6) is 0.989. The van der Waals surface area contributed by atoms with E-state index in [0.717, 1.165) is 92.9 Å². The molecule has 61 heavy (non-hydrogen) atoms. The number of methoxy groups -OCH3 is 1. The number of carbonyl (C=O) groups is 4. The molecule has 0 bridgehead atoms. The summed E-state index contributed by atoms with van der Waals surface area (Å²) in [5, 5.41) is 2.47. The Morgan fingerprint density at radius 2 is 1.34 bits per heavy atom. The SMILES string of the molecule is CCOc1cc([C@@H](CS(C)(=O)=O)N2C(=O)c3ccc(N4CCC(CN5CCC(C6CCN(c7ccc(C8CCC(=O)NC8=O)cc7)CC6)CC5)CC4)cc3C2=O)ccc1OC. The minimum atomic E-state index is -3.60. The zero-order chi connectivity index (χ0) is 42.8. The second-order valence-corrected chi connectivity index (χ2v) is 19.8. The minimum Gasteiger partial charge on any atom is -0.493 e. The summed E-state index contributed by atoms with van der Waals surface area (Å²) in [5.41, 5.74) is 4.15. The Balaban J connectivity index is 0.809. The first-order chi connectivity index (χ1) is 29.4. The number of piperidine rings is 4. The number of hydrogen-bond acceptors (Lipinski definition) is 11. The monoisotopic (exact) mass is 853 g/mol. The third-order valence-corrected chi connectivity index (χ3v) is 14.7. The number of sulfone groups is 1. The predicted octanol–water partition coefficient (Wildman–Crippen LogP) is 5.84. The Kier molecular flexibility index (Phi) is 12.7. The average molecular weight is 854 g/mol. The number of likely N-dealkylation sites (tertiary alicyclic amines) is 1. The summed E-state index contributed by atoms with van der Waals surface area (Å²) in [7, 11) is -2.08. The summed E-state index contributed by atoms with van der Waals surface area (Å²) in [6, 6.07) is 17.8. The molecule has 5 aliphatic heterocycles. The van der Waals surface area contributed by atoms with Crippen LogP contribution in [0.4, 0.5) is 11.4 Å². The highest BCUT2D eigenvalue weighted by Crippen LogP contribution is 2.39. The van der Waals surface area contributed by atoms with Gasteiger partial charge in [0.15, 0.2) is 11.5 Å². The maximum Gasteiger partial charge on any atom is 0.262 e. The standard InChI is InChI=1S/C47H59N5O8S/c1-4-60-43-27-35(7-13-42(43)59-2)41(30-61(3,57)58)52-46(55)39-11-10-37(28-40(39)47(52)56)51-23-15-31(16-24-51)29-49-21-17-32(18-22-49)33-19-25-50(26-20-33)36-8-5-34(6-9-36)38-12-14-44(53)48-45(38)54/h5-11,13,27-28,31-33,38,41H,4,12,14-26,29-30H2,1-3H3,(H,48,53,54)/t38?,41-/m1/s1. The van der Waals surface area contributed by atoms with Gasteiger partial charge < -0.3 is 24.2 Å². The van der Waals surface area contributed by atoms with Crippen LogP contribution in [-0.4, -0.2) is 113 Å². The van der Waals surface area contributed by atoms with E-state index in [-0.39, 0.29) is 23.3 Å². The van der Waals surface area contributed by atoms with E-state index in [1.165, 1.54) is 38.5 Å². The first-order valence-electron chi connectivity index (χ1n) is 22.0. The van der Waals surface area contributed by atoms with Gasteiger partial charge in [0.2, 0.25) is 11.8 Å². The number of nitrogens with zero attached hydrogens (tertiary/aromatic N) is 4. The number of amides is 4. The molecule has 5 aliphatic rings. The van der Waals surface area contributed by atoms with Crippen molar-refractivity contribution in [1.82, 2.24) is 15.1 Å². The van der Waals surface area contributed by atoms with Gasteiger partial charge in [-0.15, -0.1) is 0 Å². The van der Waals surface area contributed by atoms with E-state index in [2.05, 4.69) is 44.3 Å². The molecular weight excluding hydrogens is 795 g/mol. The number of nitrogens with one attached hydrogen (secondary N) is 1. The van der Waals surface area contributed by atoms with Gasteiger partial charge in [-0.25, -0.2) is 8.42 Å². The Morgan fingerprint density at radius 3 is 1.98 bits per heavy atom. The van der Waals surface area contributed by atoms with Crippen LogP contribution in [0.1, 0.15) is 102 Å². The van der Waals surface area contributed by atoms with Gasteiger partial charge in [-0.3, -0.25) is 29.4 Å². The molecular formula is C47H59N5O8S. The molecule has 8 rings (SSSR count). The van der Waals surface area contributed by atoms with Gasteiger partial charge in [-0.1, -0.05) is 18.2 Å². The van der Waals surface area contributed by atoms with E-state index in [9.17, 15) is 27.6 Å². The molecule has 1 unspecified atom stereocenters. The van der Waals surface area contributed by atoms with Crippen molar-refractivity contribution in [2.45, 2.75) is 70.3 Å². The molecule has 0 spiro atoms. The first-order valence-corrected chi connectivity index (χ1v) is 24.1. The average Bonchev–Trinajstić information content (AvgIpc) is 3.51. The zero-order valence-corrected chi connectivity index (χ0v) is 36.5. The van der Waals surface area contributed by atoms with Gasteiger partial charge in [-0.2, -0.15) is 0 Å². The van der Waals surface area contributed by atoms with Crippen molar-refractivity contribution in [1.29, 1.82) is 0 Å². The van der Waals surface area contributed by atoms with E-state index >= 15 is 0 Å². The molecule has 326 valence electrons. The number of benzene rings is 3. The highest BCUT2D eigenvalue weighted by atomic mass is 32.2. The Bertz CT molecular complexity index is 2220. The van der Waals surface area contributed by atoms with Gasteiger partial charge in [0.05, 0.1) is 42.6 Å². The Labute approximate surface area is 359 Å². The first kappa shape index (κ1) is 42.7. The normalized spacial score (nSPS) is 21.8. The van der Waals surface area contributed by atoms with Crippen molar-refractivity contribution in [3.8, 4) is 11.5 Å². The van der Waals surface area contributed by atoms with Crippen LogP contribution in [0.3, 0.4) is 0 Å². The lowest BCUT2D eigenvalue weighted by Crippen LogP contribution is -2.44. The predicted molar refractivity (Wildman–Crippen MR) is 234 cm³/mol. The molecule has 0 aromatic heterocycles. The molecule has 3 aromatic carbocycles. The lowest BCUT2D eigenvalue weighted by atomic mass is 9.78. The summed E-state index contributed by atoms with van der Waals surface area (Å²) < 4.78 is 36.5. The van der Waals surface area contributed by atoms with Crippen molar-refractivity contribution < 1.29 is 37.1 Å². The quantitative estimate of drug-likeness (QED) is 0.207. The van der Waals surface area contributed by atoms with Crippen LogP contribution in [0.5, 0.6) is 11.5 Å². The van der Waals surface area contributed by atoms with Crippen molar-refractivity contribution >= 4 is 44.8 Å². The van der Waals surface area contributed by atoms with Crippen LogP contribution in [0.2, 0.25) is 0 Å². The number of rotatable bonds is 13. The van der Waals surface area contributed by atoms with E-state index in [4.69, 9.17) is 9.47 Å². The van der Waals surface area contributed by atoms with Crippen molar-refractivity contribution in [3.05, 3.63) is 82.9 Å². The van der Waals surface area contributed by atoms with E-state index < -0.39 is 33.4 Å². The second kappa shape index (κ2) is 18.2. The molecule has 14 heteroatoms. The maximum atomic E-state index is 14.0. The van der Waals surface area contributed by atoms with Crippen LogP contribution in [0.25, 0.3) is 0 Å². The minimum absolute atomic E-state index is 0.182. The molecule has 0 aliphatic carbocycles. The van der Waals surface area contributed by atoms with E-state index in [0.29, 0.717) is 48.0 Å². The molecule has 4 saturated heterocycles. The largest absolute Gasteiger partial charge is 0.493 e. The fourth-order valence-corrected chi connectivity index (χ4v) is 11.3. The molecule has 4 fully saturated rings. The number of anilines is 2. The topological polar surface area (TPSA) is 146 Å². The van der Waals surface area contributed by atoms with Crippen LogP contribution >= 0.6 is 0 Å². The van der Waals surface area contributed by atoms with Gasteiger partial charge in [-0.05, 0) is 136 Å². The molecule has 1 N–H and O–H groups in total. The van der Waals surface area contributed by atoms with Gasteiger partial charge in [0.1, 0.15) is 9.84 Å². The third-order valence-electron chi connectivity index (χ3n) is 13.8. The van der Waals surface area contributed by atoms with Gasteiger partial charge in [0, 0.05) is 56.8 Å². The number of hydrogen-bond donors (Lipinski definition) is 1. The number of carbonyl (C=O) groups excluding carboxylic acids is 4. The van der Waals surface area contributed by atoms with Gasteiger partial charge in [0.25, 0.3) is 11.8 Å². The Morgan fingerprint density at radius 1 is 0.721 bits per heavy atom.